The molecular weight excluding hydrogens is 274 g/mol. The monoisotopic (exact) mass is 285 g/mol. The van der Waals surface area contributed by atoms with Crippen molar-refractivity contribution in [2.24, 2.45) is 4.99 Å². The second-order valence-corrected chi connectivity index (χ2v) is 5.03. The molecule has 0 radical (unpaired) electrons. The highest BCUT2D eigenvalue weighted by Gasteiger charge is 2.15. The number of Topliss-reactive ketones (excluding diaryl/α,β-unsaturated/α-hetero) is 1. The summed E-state index contributed by atoms with van der Waals surface area (Å²) < 4.78 is 5.67. The zero-order chi connectivity index (χ0) is 14.1. The largest absolute Gasteiger partial charge is 0.485 e. The third-order valence-corrected chi connectivity index (χ3v) is 3.40. The molecule has 0 N–H and O–H groups in total. The van der Waals surface area contributed by atoms with Crippen LogP contribution in [0.1, 0.15) is 22.8 Å². The van der Waals surface area contributed by atoms with Crippen molar-refractivity contribution in [1.29, 1.82) is 0 Å². The number of ketones is 1. The van der Waals surface area contributed by atoms with Gasteiger partial charge in [-0.1, -0.05) is 35.9 Å². The molecule has 0 fully saturated rings. The molecule has 0 spiro atoms. The van der Waals surface area contributed by atoms with Crippen LogP contribution in [0.4, 0.5) is 5.69 Å². The fourth-order valence-electron chi connectivity index (χ4n) is 2.06. The normalized spacial score (nSPS) is 13.2. The van der Waals surface area contributed by atoms with Gasteiger partial charge in [-0.2, -0.15) is 0 Å². The van der Waals surface area contributed by atoms with Gasteiger partial charge in [-0.15, -0.1) is 0 Å². The van der Waals surface area contributed by atoms with Crippen molar-refractivity contribution in [3.8, 4) is 5.75 Å². The Labute approximate surface area is 121 Å². The summed E-state index contributed by atoms with van der Waals surface area (Å²) in [5.41, 5.74) is 3.26. The van der Waals surface area contributed by atoms with Crippen molar-refractivity contribution in [1.82, 2.24) is 0 Å². The van der Waals surface area contributed by atoms with Gasteiger partial charge in [-0.05, 0) is 24.6 Å². The molecule has 1 aliphatic rings. The Bertz CT molecular complexity index is 705. The number of benzene rings is 2. The van der Waals surface area contributed by atoms with E-state index in [1.165, 1.54) is 0 Å². The molecule has 0 atom stereocenters. The van der Waals surface area contributed by atoms with E-state index in [-0.39, 0.29) is 5.78 Å². The lowest BCUT2D eigenvalue weighted by molar-refractivity contribution is 0.101. The van der Waals surface area contributed by atoms with Crippen LogP contribution in [0, 0.1) is 0 Å². The zero-order valence-electron chi connectivity index (χ0n) is 10.9. The minimum atomic E-state index is 0.0540. The van der Waals surface area contributed by atoms with E-state index < -0.39 is 0 Å². The van der Waals surface area contributed by atoms with Gasteiger partial charge >= 0.3 is 0 Å². The van der Waals surface area contributed by atoms with Crippen molar-refractivity contribution in [3.63, 3.8) is 0 Å². The molecule has 3 rings (SSSR count). The van der Waals surface area contributed by atoms with Crippen molar-refractivity contribution in [3.05, 3.63) is 58.6 Å². The predicted octanol–water partition coefficient (Wildman–Crippen LogP) is 4.06. The van der Waals surface area contributed by atoms with Crippen molar-refractivity contribution >= 4 is 28.8 Å². The van der Waals surface area contributed by atoms with Crippen LogP contribution in [0.5, 0.6) is 5.75 Å². The fourth-order valence-corrected chi connectivity index (χ4v) is 2.23. The first kappa shape index (κ1) is 12.9. The van der Waals surface area contributed by atoms with Gasteiger partial charge < -0.3 is 4.74 Å². The van der Waals surface area contributed by atoms with E-state index in [1.54, 1.807) is 31.2 Å². The first-order valence-corrected chi connectivity index (χ1v) is 6.62. The maximum atomic E-state index is 11.3. The first-order valence-electron chi connectivity index (χ1n) is 6.25. The third-order valence-electron chi connectivity index (χ3n) is 3.17. The molecule has 0 bridgehead atoms. The summed E-state index contributed by atoms with van der Waals surface area (Å²) in [6, 6.07) is 12.8. The second-order valence-electron chi connectivity index (χ2n) is 4.59. The van der Waals surface area contributed by atoms with Crippen molar-refractivity contribution < 1.29 is 9.53 Å². The first-order chi connectivity index (χ1) is 9.63. The van der Waals surface area contributed by atoms with Gasteiger partial charge in [-0.3, -0.25) is 4.79 Å². The van der Waals surface area contributed by atoms with Crippen molar-refractivity contribution in [2.75, 3.05) is 6.61 Å². The van der Waals surface area contributed by atoms with Gasteiger partial charge in [0.1, 0.15) is 18.0 Å². The Balaban J connectivity index is 1.95. The maximum Gasteiger partial charge on any atom is 0.159 e. The maximum absolute atomic E-state index is 11.3. The number of hydrogen-bond donors (Lipinski definition) is 0. The topological polar surface area (TPSA) is 38.7 Å². The van der Waals surface area contributed by atoms with E-state index in [0.717, 1.165) is 17.0 Å². The van der Waals surface area contributed by atoms with Gasteiger partial charge in [0, 0.05) is 16.7 Å². The smallest absolute Gasteiger partial charge is 0.159 e. The number of ether oxygens (including phenoxy) is 1. The Hall–Kier alpha value is -2.13. The molecule has 100 valence electrons. The number of aliphatic imine (C=N–C) groups is 1. The van der Waals surface area contributed by atoms with Crippen LogP contribution in [0.2, 0.25) is 5.02 Å². The van der Waals surface area contributed by atoms with E-state index in [9.17, 15) is 4.79 Å². The standard InChI is InChI=1S/C16H12ClNO2/c1-10(19)11-2-4-12(5-3-11)15-9-20-16-8-13(17)6-7-14(16)18-15/h2-8H,9H2,1H3. The summed E-state index contributed by atoms with van der Waals surface area (Å²) in [6.45, 7) is 1.95. The van der Waals surface area contributed by atoms with Gasteiger partial charge in [0.15, 0.2) is 5.78 Å². The van der Waals surface area contributed by atoms with E-state index in [2.05, 4.69) is 4.99 Å². The van der Waals surface area contributed by atoms with E-state index in [0.29, 0.717) is 22.9 Å². The van der Waals surface area contributed by atoms with Gasteiger partial charge in [0.25, 0.3) is 0 Å². The molecule has 0 amide bonds. The predicted molar refractivity (Wildman–Crippen MR) is 79.6 cm³/mol. The molecule has 1 heterocycles. The number of fused-ring (bicyclic) bond motifs is 1. The van der Waals surface area contributed by atoms with Crippen LogP contribution in [0.25, 0.3) is 0 Å². The lowest BCUT2D eigenvalue weighted by Crippen LogP contribution is -2.16. The Kier molecular flexibility index (Phi) is 3.28. The summed E-state index contributed by atoms with van der Waals surface area (Å²) in [5.74, 6) is 0.750. The summed E-state index contributed by atoms with van der Waals surface area (Å²) in [6.07, 6.45) is 0. The molecule has 2 aromatic rings. The lowest BCUT2D eigenvalue weighted by atomic mass is 10.1. The Morgan fingerprint density at radius 1 is 1.20 bits per heavy atom. The number of carbonyl (C=O) groups excluding carboxylic acids is 1. The molecule has 20 heavy (non-hydrogen) atoms. The number of carbonyl (C=O) groups is 1. The quantitative estimate of drug-likeness (QED) is 0.781. The number of nitrogens with zero attached hydrogens (tertiary/aromatic N) is 1. The highest BCUT2D eigenvalue weighted by Crippen LogP contribution is 2.33. The van der Waals surface area contributed by atoms with Gasteiger partial charge in [-0.25, -0.2) is 4.99 Å². The van der Waals surface area contributed by atoms with Crippen LogP contribution < -0.4 is 4.74 Å². The lowest BCUT2D eigenvalue weighted by Gasteiger charge is -2.17. The van der Waals surface area contributed by atoms with Crippen molar-refractivity contribution in [2.45, 2.75) is 6.92 Å². The molecule has 0 saturated heterocycles. The molecule has 3 nitrogen and oxygen atoms in total. The molecule has 0 saturated carbocycles. The summed E-state index contributed by atoms with van der Waals surface area (Å²) in [5, 5.41) is 0.633. The minimum absolute atomic E-state index is 0.0540. The van der Waals surface area contributed by atoms with Gasteiger partial charge in [0.2, 0.25) is 0 Å². The van der Waals surface area contributed by atoms with Crippen LogP contribution in [0.3, 0.4) is 0 Å². The molecule has 4 heteroatoms. The van der Waals surface area contributed by atoms with Crippen LogP contribution in [-0.2, 0) is 0 Å². The number of hydrogen-bond acceptors (Lipinski definition) is 3. The summed E-state index contributed by atoms with van der Waals surface area (Å²) in [7, 11) is 0. The molecular formula is C16H12ClNO2. The average molecular weight is 286 g/mol. The van der Waals surface area contributed by atoms with E-state index in [4.69, 9.17) is 16.3 Å². The Morgan fingerprint density at radius 3 is 2.65 bits per heavy atom. The number of halogens is 1. The van der Waals surface area contributed by atoms with Gasteiger partial charge in [0.05, 0.1) is 5.71 Å². The fraction of sp³-hybridized carbons (Fsp3) is 0.125. The zero-order valence-corrected chi connectivity index (χ0v) is 11.6. The molecule has 1 aliphatic heterocycles. The summed E-state index contributed by atoms with van der Waals surface area (Å²) >= 11 is 5.92. The molecule has 2 aromatic carbocycles. The molecule has 0 aromatic heterocycles. The van der Waals surface area contributed by atoms with Crippen LogP contribution in [-0.4, -0.2) is 18.1 Å². The average Bonchev–Trinajstić information content (AvgIpc) is 2.47. The molecule has 0 aliphatic carbocycles. The molecule has 0 unspecified atom stereocenters. The van der Waals surface area contributed by atoms with E-state index in [1.807, 2.05) is 18.2 Å². The van der Waals surface area contributed by atoms with Crippen LogP contribution >= 0.6 is 11.6 Å². The minimum Gasteiger partial charge on any atom is -0.485 e. The van der Waals surface area contributed by atoms with E-state index >= 15 is 0 Å². The Morgan fingerprint density at radius 2 is 1.95 bits per heavy atom. The SMILES string of the molecule is CC(=O)c1ccc(C2=Nc3ccc(Cl)cc3OC2)cc1. The summed E-state index contributed by atoms with van der Waals surface area (Å²) in [4.78, 5) is 15.8. The highest BCUT2D eigenvalue weighted by atomic mass is 35.5. The highest BCUT2D eigenvalue weighted by molar-refractivity contribution is 6.30. The van der Waals surface area contributed by atoms with Crippen LogP contribution in [0.15, 0.2) is 47.5 Å². The third kappa shape index (κ3) is 2.45. The number of rotatable bonds is 2. The second kappa shape index (κ2) is 5.10.